The molecule has 0 radical (unpaired) electrons. The van der Waals surface area contributed by atoms with Gasteiger partial charge in [0.2, 0.25) is 5.91 Å². The van der Waals surface area contributed by atoms with Crippen molar-refractivity contribution in [2.45, 2.75) is 24.7 Å². The lowest BCUT2D eigenvalue weighted by Gasteiger charge is -2.36. The van der Waals surface area contributed by atoms with Gasteiger partial charge in [0.05, 0.1) is 5.41 Å². The monoisotopic (exact) mass is 421 g/mol. The van der Waals surface area contributed by atoms with Crippen molar-refractivity contribution in [2.24, 2.45) is 0 Å². The lowest BCUT2D eigenvalue weighted by molar-refractivity contribution is -0.130. The summed E-state index contributed by atoms with van der Waals surface area (Å²) in [6.45, 7) is 1.81. The fourth-order valence-electron chi connectivity index (χ4n) is 3.32. The molecule has 1 heterocycles. The van der Waals surface area contributed by atoms with Gasteiger partial charge < -0.3 is 10.1 Å². The molecule has 0 spiro atoms. The van der Waals surface area contributed by atoms with E-state index in [-0.39, 0.29) is 5.91 Å². The Kier molecular flexibility index (Phi) is 6.15. The van der Waals surface area contributed by atoms with E-state index in [0.717, 1.165) is 27.0 Å². The molecule has 0 aromatic heterocycles. The number of halogens is 2. The molecule has 3 rings (SSSR count). The number of nitrogens with one attached hydrogen (secondary N) is 1. The van der Waals surface area contributed by atoms with Crippen molar-refractivity contribution in [3.8, 4) is 0 Å². The predicted molar refractivity (Wildman–Crippen MR) is 104 cm³/mol. The number of amides is 1. The van der Waals surface area contributed by atoms with Gasteiger partial charge in [-0.2, -0.15) is 0 Å². The van der Waals surface area contributed by atoms with Crippen LogP contribution in [0.5, 0.6) is 0 Å². The van der Waals surface area contributed by atoms with Crippen LogP contribution in [0.3, 0.4) is 0 Å². The first-order valence-corrected chi connectivity index (χ1v) is 9.64. The maximum absolute atomic E-state index is 13.1. The average molecular weight is 423 g/mol. The van der Waals surface area contributed by atoms with Crippen molar-refractivity contribution in [3.05, 3.63) is 69.2 Å². The van der Waals surface area contributed by atoms with Crippen LogP contribution in [0.1, 0.15) is 24.0 Å². The smallest absolute Gasteiger partial charge is 0.230 e. The minimum absolute atomic E-state index is 0.0835. The van der Waals surface area contributed by atoms with Crippen molar-refractivity contribution in [3.63, 3.8) is 0 Å². The van der Waals surface area contributed by atoms with Crippen molar-refractivity contribution in [2.75, 3.05) is 19.8 Å². The summed E-state index contributed by atoms with van der Waals surface area (Å²) in [5.74, 6) is 0.0835. The second-order valence-corrected chi connectivity index (χ2v) is 7.69. The van der Waals surface area contributed by atoms with Crippen LogP contribution < -0.4 is 5.32 Å². The summed E-state index contributed by atoms with van der Waals surface area (Å²) in [5, 5.41) is 3.85. The Hall–Kier alpha value is -1.36. The molecule has 1 fully saturated rings. The van der Waals surface area contributed by atoms with Crippen LogP contribution in [-0.2, 0) is 21.4 Å². The van der Waals surface area contributed by atoms with Crippen LogP contribution in [0.4, 0.5) is 0 Å². The highest BCUT2D eigenvalue weighted by Gasteiger charge is 2.41. The van der Waals surface area contributed by atoms with Crippen LogP contribution in [-0.4, -0.2) is 25.7 Å². The minimum Gasteiger partial charge on any atom is -0.381 e. The number of carbonyl (C=O) groups is 1. The number of benzene rings is 2. The largest absolute Gasteiger partial charge is 0.381 e. The van der Waals surface area contributed by atoms with Gasteiger partial charge in [0.25, 0.3) is 0 Å². The molecule has 132 valence electrons. The number of rotatable bonds is 5. The van der Waals surface area contributed by atoms with Crippen molar-refractivity contribution in [1.82, 2.24) is 5.32 Å². The third-order valence-electron chi connectivity index (χ3n) is 4.77. The molecule has 0 bridgehead atoms. The zero-order chi connectivity index (χ0) is 17.7. The Morgan fingerprint density at radius 2 is 1.88 bits per heavy atom. The molecule has 2 aromatic carbocycles. The van der Waals surface area contributed by atoms with Gasteiger partial charge in [-0.25, -0.2) is 0 Å². The Labute approximate surface area is 161 Å². The van der Waals surface area contributed by atoms with Crippen molar-refractivity contribution >= 4 is 33.4 Å². The molecule has 5 heteroatoms. The molecule has 1 amide bonds. The van der Waals surface area contributed by atoms with Gasteiger partial charge in [-0.3, -0.25) is 4.79 Å². The number of ether oxygens (including phenoxy) is 1. The summed E-state index contributed by atoms with van der Waals surface area (Å²) in [7, 11) is 0. The third kappa shape index (κ3) is 4.43. The number of hydrogen-bond acceptors (Lipinski definition) is 2. The van der Waals surface area contributed by atoms with E-state index in [2.05, 4.69) is 21.2 Å². The number of carbonyl (C=O) groups excluding carboxylic acids is 1. The first-order chi connectivity index (χ1) is 12.1. The molecule has 1 saturated heterocycles. The summed E-state index contributed by atoms with van der Waals surface area (Å²) >= 11 is 9.48. The molecule has 1 aliphatic heterocycles. The Bertz CT molecular complexity index is 727. The Balaban J connectivity index is 1.70. The molecule has 3 nitrogen and oxygen atoms in total. The molecule has 1 N–H and O–H groups in total. The first kappa shape index (κ1) is 18.4. The molecular weight excluding hydrogens is 402 g/mol. The highest BCUT2D eigenvalue weighted by molar-refractivity contribution is 9.10. The standard InChI is InChI=1S/C20H21BrClNO2/c21-17-6-4-16(5-7-17)20(9-12-25-13-10-20)19(24)23-11-8-15-2-1-3-18(22)14-15/h1-7,14H,8-13H2,(H,23,24). The predicted octanol–water partition coefficient (Wildman–Crippen LogP) is 4.51. The van der Waals surface area contributed by atoms with Crippen molar-refractivity contribution < 1.29 is 9.53 Å². The van der Waals surface area contributed by atoms with Crippen LogP contribution in [0.25, 0.3) is 0 Å². The van der Waals surface area contributed by atoms with E-state index in [1.54, 1.807) is 0 Å². The quantitative estimate of drug-likeness (QED) is 0.770. The topological polar surface area (TPSA) is 38.3 Å². The summed E-state index contributed by atoms with van der Waals surface area (Å²) in [4.78, 5) is 13.1. The fourth-order valence-corrected chi connectivity index (χ4v) is 3.79. The maximum Gasteiger partial charge on any atom is 0.230 e. The van der Waals surface area contributed by atoms with Crippen LogP contribution >= 0.6 is 27.5 Å². The summed E-state index contributed by atoms with van der Waals surface area (Å²) in [6.07, 6.45) is 2.18. The molecule has 1 aliphatic rings. The summed E-state index contributed by atoms with van der Waals surface area (Å²) < 4.78 is 6.52. The summed E-state index contributed by atoms with van der Waals surface area (Å²) in [5.41, 5.74) is 1.67. The molecule has 0 aliphatic carbocycles. The van der Waals surface area contributed by atoms with E-state index in [1.165, 1.54) is 0 Å². The SMILES string of the molecule is O=C(NCCc1cccc(Cl)c1)C1(c2ccc(Br)cc2)CCOCC1. The van der Waals surface area contributed by atoms with E-state index in [9.17, 15) is 4.79 Å². The number of hydrogen-bond donors (Lipinski definition) is 1. The molecule has 2 aromatic rings. The molecule has 0 saturated carbocycles. The van der Waals surface area contributed by atoms with Gasteiger partial charge in [-0.1, -0.05) is 51.8 Å². The summed E-state index contributed by atoms with van der Waals surface area (Å²) in [6, 6.07) is 15.8. The Morgan fingerprint density at radius 1 is 1.16 bits per heavy atom. The maximum atomic E-state index is 13.1. The highest BCUT2D eigenvalue weighted by atomic mass is 79.9. The van der Waals surface area contributed by atoms with Crippen molar-refractivity contribution in [1.29, 1.82) is 0 Å². The minimum atomic E-state index is -0.507. The molecular formula is C20H21BrClNO2. The average Bonchev–Trinajstić information content (AvgIpc) is 2.63. The van der Waals surface area contributed by atoms with Gasteiger partial charge in [-0.15, -0.1) is 0 Å². The van der Waals surface area contributed by atoms with Crippen LogP contribution in [0.2, 0.25) is 5.02 Å². The fraction of sp³-hybridized carbons (Fsp3) is 0.350. The van der Waals surface area contributed by atoms with E-state index in [4.69, 9.17) is 16.3 Å². The lowest BCUT2D eigenvalue weighted by Crippen LogP contribution is -2.48. The normalized spacial score (nSPS) is 16.4. The second-order valence-electron chi connectivity index (χ2n) is 6.34. The molecule has 0 atom stereocenters. The second kappa shape index (κ2) is 8.35. The van der Waals surface area contributed by atoms with Crippen LogP contribution in [0.15, 0.2) is 53.0 Å². The van der Waals surface area contributed by atoms with Gasteiger partial charge in [0, 0.05) is 29.3 Å². The van der Waals surface area contributed by atoms with Gasteiger partial charge in [-0.05, 0) is 54.7 Å². The van der Waals surface area contributed by atoms with E-state index >= 15 is 0 Å². The Morgan fingerprint density at radius 3 is 2.56 bits per heavy atom. The van der Waals surface area contributed by atoms with E-state index < -0.39 is 5.41 Å². The van der Waals surface area contributed by atoms with E-state index in [1.807, 2.05) is 48.5 Å². The zero-order valence-corrected chi connectivity index (χ0v) is 16.3. The van der Waals surface area contributed by atoms with Gasteiger partial charge >= 0.3 is 0 Å². The highest BCUT2D eigenvalue weighted by Crippen LogP contribution is 2.35. The van der Waals surface area contributed by atoms with Crippen LogP contribution in [0, 0.1) is 0 Å². The third-order valence-corrected chi connectivity index (χ3v) is 5.53. The van der Waals surface area contributed by atoms with Gasteiger partial charge in [0.1, 0.15) is 0 Å². The van der Waals surface area contributed by atoms with Gasteiger partial charge in [0.15, 0.2) is 0 Å². The zero-order valence-electron chi connectivity index (χ0n) is 13.9. The first-order valence-electron chi connectivity index (χ1n) is 8.47. The van der Waals surface area contributed by atoms with E-state index in [0.29, 0.717) is 32.6 Å². The lowest BCUT2D eigenvalue weighted by atomic mass is 9.73. The molecule has 25 heavy (non-hydrogen) atoms. The molecule has 0 unspecified atom stereocenters.